The number of nitrogens with zero attached hydrogens (tertiary/aromatic N) is 1. The fourth-order valence-corrected chi connectivity index (χ4v) is 3.75. The molecule has 2 fully saturated rings. The molecule has 3 nitrogen and oxygen atoms in total. The Balaban J connectivity index is 1.45. The number of piperidine rings is 1. The lowest BCUT2D eigenvalue weighted by Gasteiger charge is -2.39. The van der Waals surface area contributed by atoms with E-state index in [0.717, 1.165) is 31.5 Å². The van der Waals surface area contributed by atoms with Crippen molar-refractivity contribution in [3.63, 3.8) is 0 Å². The zero-order chi connectivity index (χ0) is 14.3. The van der Waals surface area contributed by atoms with E-state index in [1.165, 1.54) is 58.2 Å². The van der Waals surface area contributed by atoms with Crippen molar-refractivity contribution >= 4 is 0 Å². The normalized spacial score (nSPS) is 22.9. The highest BCUT2D eigenvalue weighted by atomic mass is 16.5. The lowest BCUT2D eigenvalue weighted by molar-refractivity contribution is 0.0766. The molecule has 2 rings (SSSR count). The quantitative estimate of drug-likeness (QED) is 0.693. The second-order valence-electron chi connectivity index (χ2n) is 7.07. The lowest BCUT2D eigenvalue weighted by Crippen LogP contribution is -2.41. The van der Waals surface area contributed by atoms with Crippen LogP contribution in [0.3, 0.4) is 0 Å². The Labute approximate surface area is 125 Å². The molecule has 1 spiro atoms. The van der Waals surface area contributed by atoms with Crippen LogP contribution in [0.15, 0.2) is 0 Å². The van der Waals surface area contributed by atoms with Crippen LogP contribution in [0.25, 0.3) is 0 Å². The lowest BCUT2D eigenvalue weighted by atomic mass is 9.77. The zero-order valence-corrected chi connectivity index (χ0v) is 13.6. The molecule has 1 aliphatic carbocycles. The van der Waals surface area contributed by atoms with Gasteiger partial charge < -0.3 is 15.0 Å². The Morgan fingerprint density at radius 1 is 1.05 bits per heavy atom. The van der Waals surface area contributed by atoms with Crippen molar-refractivity contribution in [1.29, 1.82) is 0 Å². The molecule has 1 N–H and O–H groups in total. The van der Waals surface area contributed by atoms with Crippen molar-refractivity contribution in [2.75, 3.05) is 39.3 Å². The van der Waals surface area contributed by atoms with Gasteiger partial charge >= 0.3 is 0 Å². The molecule has 1 saturated heterocycles. The van der Waals surface area contributed by atoms with E-state index in [1.807, 2.05) is 0 Å². The number of nitrogens with one attached hydrogen (secondary N) is 1. The summed E-state index contributed by atoms with van der Waals surface area (Å²) in [6.07, 6.45) is 10.4. The van der Waals surface area contributed by atoms with Gasteiger partial charge in [0.05, 0.1) is 6.10 Å². The Morgan fingerprint density at radius 3 is 2.40 bits per heavy atom. The van der Waals surface area contributed by atoms with Crippen LogP contribution in [0.5, 0.6) is 0 Å². The van der Waals surface area contributed by atoms with Crippen LogP contribution in [-0.4, -0.2) is 50.3 Å². The number of rotatable bonds is 8. The standard InChI is InChI=1S/C17H34N2O/c1-16(2)20-15-5-10-18-11-14-19-12-8-17(9-13-19)6-3-4-7-17/h16,18H,3-15H2,1-2H3. The van der Waals surface area contributed by atoms with Gasteiger partial charge in [-0.3, -0.25) is 0 Å². The van der Waals surface area contributed by atoms with Crippen LogP contribution in [0.1, 0.15) is 58.8 Å². The first-order valence-corrected chi connectivity index (χ1v) is 8.75. The maximum Gasteiger partial charge on any atom is 0.0518 e. The van der Waals surface area contributed by atoms with E-state index in [9.17, 15) is 0 Å². The number of hydrogen-bond acceptors (Lipinski definition) is 3. The molecule has 1 heterocycles. The van der Waals surface area contributed by atoms with Gasteiger partial charge in [0.25, 0.3) is 0 Å². The molecule has 0 amide bonds. The highest BCUT2D eigenvalue weighted by molar-refractivity contribution is 4.89. The van der Waals surface area contributed by atoms with E-state index in [2.05, 4.69) is 24.1 Å². The summed E-state index contributed by atoms with van der Waals surface area (Å²) < 4.78 is 5.54. The Bertz CT molecular complexity index is 252. The van der Waals surface area contributed by atoms with E-state index < -0.39 is 0 Å². The summed E-state index contributed by atoms with van der Waals surface area (Å²) in [6, 6.07) is 0. The molecule has 1 aliphatic heterocycles. The zero-order valence-electron chi connectivity index (χ0n) is 13.6. The monoisotopic (exact) mass is 282 g/mol. The van der Waals surface area contributed by atoms with Gasteiger partial charge in [-0.15, -0.1) is 0 Å². The summed E-state index contributed by atoms with van der Waals surface area (Å²) in [7, 11) is 0. The van der Waals surface area contributed by atoms with E-state index in [4.69, 9.17) is 4.74 Å². The molecule has 0 aromatic heterocycles. The largest absolute Gasteiger partial charge is 0.379 e. The first-order valence-electron chi connectivity index (χ1n) is 8.75. The molecule has 0 unspecified atom stereocenters. The van der Waals surface area contributed by atoms with Crippen LogP contribution < -0.4 is 5.32 Å². The Kier molecular flexibility index (Phi) is 6.79. The smallest absolute Gasteiger partial charge is 0.0518 e. The van der Waals surface area contributed by atoms with Crippen LogP contribution in [-0.2, 0) is 4.74 Å². The van der Waals surface area contributed by atoms with Crippen LogP contribution in [0, 0.1) is 5.41 Å². The summed E-state index contributed by atoms with van der Waals surface area (Å²) in [5, 5.41) is 3.55. The molecule has 0 atom stereocenters. The third kappa shape index (κ3) is 5.34. The predicted molar refractivity (Wildman–Crippen MR) is 85.1 cm³/mol. The minimum Gasteiger partial charge on any atom is -0.379 e. The Morgan fingerprint density at radius 2 is 1.75 bits per heavy atom. The fraction of sp³-hybridized carbons (Fsp3) is 1.00. The minimum atomic E-state index is 0.367. The third-order valence-electron chi connectivity index (χ3n) is 5.13. The van der Waals surface area contributed by atoms with Crippen LogP contribution in [0.4, 0.5) is 0 Å². The molecular weight excluding hydrogens is 248 g/mol. The average molecular weight is 282 g/mol. The number of likely N-dealkylation sites (tertiary alicyclic amines) is 1. The summed E-state index contributed by atoms with van der Waals surface area (Å²) >= 11 is 0. The highest BCUT2D eigenvalue weighted by Crippen LogP contribution is 2.45. The number of hydrogen-bond donors (Lipinski definition) is 1. The van der Waals surface area contributed by atoms with E-state index in [0.29, 0.717) is 6.10 Å². The van der Waals surface area contributed by atoms with Gasteiger partial charge in [0.2, 0.25) is 0 Å². The average Bonchev–Trinajstić information content (AvgIpc) is 2.88. The van der Waals surface area contributed by atoms with Crippen molar-refractivity contribution in [1.82, 2.24) is 10.2 Å². The second kappa shape index (κ2) is 8.35. The SMILES string of the molecule is CC(C)OCCCNCCN1CCC2(CCCC2)CC1. The van der Waals surface area contributed by atoms with Crippen molar-refractivity contribution in [2.45, 2.75) is 64.9 Å². The van der Waals surface area contributed by atoms with Gasteiger partial charge in [0, 0.05) is 19.7 Å². The van der Waals surface area contributed by atoms with Crippen molar-refractivity contribution in [3.05, 3.63) is 0 Å². The Hall–Kier alpha value is -0.120. The maximum absolute atomic E-state index is 5.54. The molecule has 118 valence electrons. The van der Waals surface area contributed by atoms with Gasteiger partial charge in [-0.2, -0.15) is 0 Å². The highest BCUT2D eigenvalue weighted by Gasteiger charge is 2.36. The fourth-order valence-electron chi connectivity index (χ4n) is 3.75. The van der Waals surface area contributed by atoms with Crippen molar-refractivity contribution in [3.8, 4) is 0 Å². The summed E-state index contributed by atoms with van der Waals surface area (Å²) in [6.45, 7) is 11.2. The first kappa shape index (κ1) is 16.3. The van der Waals surface area contributed by atoms with Gasteiger partial charge in [0.1, 0.15) is 0 Å². The van der Waals surface area contributed by atoms with E-state index in [-0.39, 0.29) is 0 Å². The van der Waals surface area contributed by atoms with Crippen molar-refractivity contribution < 1.29 is 4.74 Å². The first-order chi connectivity index (χ1) is 9.70. The molecule has 0 bridgehead atoms. The molecule has 0 aromatic carbocycles. The molecule has 0 aromatic rings. The molecule has 0 radical (unpaired) electrons. The molecule has 1 saturated carbocycles. The van der Waals surface area contributed by atoms with Gasteiger partial charge in [0.15, 0.2) is 0 Å². The van der Waals surface area contributed by atoms with Gasteiger partial charge in [-0.05, 0) is 71.0 Å². The molecular formula is C17H34N2O. The third-order valence-corrected chi connectivity index (χ3v) is 5.13. The van der Waals surface area contributed by atoms with E-state index in [1.54, 1.807) is 0 Å². The summed E-state index contributed by atoms with van der Waals surface area (Å²) in [5.74, 6) is 0. The van der Waals surface area contributed by atoms with E-state index >= 15 is 0 Å². The van der Waals surface area contributed by atoms with Crippen molar-refractivity contribution in [2.24, 2.45) is 5.41 Å². The van der Waals surface area contributed by atoms with Gasteiger partial charge in [-0.25, -0.2) is 0 Å². The topological polar surface area (TPSA) is 24.5 Å². The number of ether oxygens (including phenoxy) is 1. The van der Waals surface area contributed by atoms with Crippen LogP contribution >= 0.6 is 0 Å². The predicted octanol–water partition coefficient (Wildman–Crippen LogP) is 3.05. The van der Waals surface area contributed by atoms with Crippen LogP contribution in [0.2, 0.25) is 0 Å². The summed E-state index contributed by atoms with van der Waals surface area (Å²) in [4.78, 5) is 2.65. The molecule has 2 aliphatic rings. The summed E-state index contributed by atoms with van der Waals surface area (Å²) in [5.41, 5.74) is 0.762. The maximum atomic E-state index is 5.54. The minimum absolute atomic E-state index is 0.367. The molecule has 3 heteroatoms. The molecule has 20 heavy (non-hydrogen) atoms. The second-order valence-corrected chi connectivity index (χ2v) is 7.07. The van der Waals surface area contributed by atoms with Gasteiger partial charge in [-0.1, -0.05) is 12.8 Å².